The van der Waals surface area contributed by atoms with E-state index in [9.17, 15) is 4.79 Å². The molecule has 0 radical (unpaired) electrons. The van der Waals surface area contributed by atoms with Crippen LogP contribution in [-0.2, 0) is 0 Å². The molecule has 4 nitrogen and oxygen atoms in total. The smallest absolute Gasteiger partial charge is 0.293 e. The van der Waals surface area contributed by atoms with Crippen molar-refractivity contribution in [1.82, 2.24) is 9.55 Å². The zero-order valence-electron chi connectivity index (χ0n) is 11.6. The fraction of sp³-hybridized carbons (Fsp3) is 0.733. The van der Waals surface area contributed by atoms with E-state index in [-0.39, 0.29) is 5.56 Å². The number of rotatable bonds is 4. The molecule has 0 aliphatic heterocycles. The van der Waals surface area contributed by atoms with Gasteiger partial charge in [-0.05, 0) is 38.5 Å². The Hall–Kier alpha value is -1.32. The van der Waals surface area contributed by atoms with Crippen molar-refractivity contribution in [2.24, 2.45) is 5.92 Å². The van der Waals surface area contributed by atoms with Gasteiger partial charge in [0.1, 0.15) is 0 Å². The third-order valence-corrected chi connectivity index (χ3v) is 4.53. The largest absolute Gasteiger partial charge is 0.363 e. The van der Waals surface area contributed by atoms with Crippen LogP contribution in [0.5, 0.6) is 0 Å². The van der Waals surface area contributed by atoms with E-state index in [0.29, 0.717) is 23.8 Å². The van der Waals surface area contributed by atoms with E-state index in [4.69, 9.17) is 0 Å². The number of hydrogen-bond donors (Lipinski definition) is 1. The van der Waals surface area contributed by atoms with Gasteiger partial charge in [-0.15, -0.1) is 0 Å². The fourth-order valence-corrected chi connectivity index (χ4v) is 3.13. The molecular formula is C15H23N3O. The van der Waals surface area contributed by atoms with Crippen molar-refractivity contribution in [2.75, 3.05) is 5.32 Å². The number of nitrogens with zero attached hydrogens (tertiary/aromatic N) is 2. The molecule has 1 N–H and O–H groups in total. The summed E-state index contributed by atoms with van der Waals surface area (Å²) >= 11 is 0. The van der Waals surface area contributed by atoms with Gasteiger partial charge in [0.2, 0.25) is 0 Å². The summed E-state index contributed by atoms with van der Waals surface area (Å²) in [6.07, 6.45) is 12.4. The summed E-state index contributed by atoms with van der Waals surface area (Å²) in [5, 5.41) is 3.36. The molecule has 1 heterocycles. The van der Waals surface area contributed by atoms with E-state index in [0.717, 1.165) is 12.8 Å². The second-order valence-electron chi connectivity index (χ2n) is 6.05. The average Bonchev–Trinajstić information content (AvgIpc) is 3.26. The summed E-state index contributed by atoms with van der Waals surface area (Å²) in [5.74, 6) is 1.22. The van der Waals surface area contributed by atoms with E-state index in [1.165, 1.54) is 32.1 Å². The first kappa shape index (κ1) is 12.7. The molecule has 19 heavy (non-hydrogen) atoms. The third-order valence-electron chi connectivity index (χ3n) is 4.53. The van der Waals surface area contributed by atoms with Crippen molar-refractivity contribution in [2.45, 2.75) is 64.0 Å². The molecule has 2 aliphatic rings. The van der Waals surface area contributed by atoms with Crippen LogP contribution >= 0.6 is 0 Å². The van der Waals surface area contributed by atoms with Crippen LogP contribution < -0.4 is 10.9 Å². The zero-order chi connectivity index (χ0) is 13.2. The zero-order valence-corrected chi connectivity index (χ0v) is 11.6. The highest BCUT2D eigenvalue weighted by Gasteiger charge is 2.26. The lowest BCUT2D eigenvalue weighted by molar-refractivity contribution is 0.328. The maximum atomic E-state index is 12.3. The van der Waals surface area contributed by atoms with Crippen LogP contribution in [-0.4, -0.2) is 15.6 Å². The van der Waals surface area contributed by atoms with Gasteiger partial charge in [-0.1, -0.05) is 19.3 Å². The maximum Gasteiger partial charge on any atom is 0.293 e. The minimum atomic E-state index is 0.0488. The SMILES string of the molecule is CC(Nc1nccn(C2CC2)c1=O)C1CCCCC1. The Labute approximate surface area is 114 Å². The van der Waals surface area contributed by atoms with Gasteiger partial charge in [-0.25, -0.2) is 4.98 Å². The molecule has 4 heteroatoms. The van der Waals surface area contributed by atoms with Crippen molar-refractivity contribution in [3.05, 3.63) is 22.7 Å². The number of anilines is 1. The summed E-state index contributed by atoms with van der Waals surface area (Å²) in [7, 11) is 0. The summed E-state index contributed by atoms with van der Waals surface area (Å²) in [6, 6.07) is 0.761. The molecule has 0 bridgehead atoms. The van der Waals surface area contributed by atoms with Gasteiger partial charge in [-0.3, -0.25) is 4.79 Å². The van der Waals surface area contributed by atoms with E-state index >= 15 is 0 Å². The quantitative estimate of drug-likeness (QED) is 0.906. The van der Waals surface area contributed by atoms with Crippen molar-refractivity contribution in [1.29, 1.82) is 0 Å². The molecule has 2 fully saturated rings. The molecular weight excluding hydrogens is 238 g/mol. The fourth-order valence-electron chi connectivity index (χ4n) is 3.13. The number of aromatic nitrogens is 2. The predicted octanol–water partition coefficient (Wildman–Crippen LogP) is 2.96. The first-order valence-electron chi connectivity index (χ1n) is 7.59. The molecule has 1 unspecified atom stereocenters. The third kappa shape index (κ3) is 2.82. The maximum absolute atomic E-state index is 12.3. The number of nitrogens with one attached hydrogen (secondary N) is 1. The van der Waals surface area contributed by atoms with Crippen LogP contribution in [0, 0.1) is 5.92 Å². The summed E-state index contributed by atoms with van der Waals surface area (Å²) in [5.41, 5.74) is 0.0488. The number of hydrogen-bond acceptors (Lipinski definition) is 3. The van der Waals surface area contributed by atoms with Crippen molar-refractivity contribution in [3.8, 4) is 0 Å². The van der Waals surface area contributed by atoms with Crippen LogP contribution in [0.25, 0.3) is 0 Å². The Morgan fingerprint density at radius 2 is 2.00 bits per heavy atom. The molecule has 2 saturated carbocycles. The second-order valence-corrected chi connectivity index (χ2v) is 6.05. The highest BCUT2D eigenvalue weighted by molar-refractivity contribution is 5.32. The highest BCUT2D eigenvalue weighted by atomic mass is 16.1. The summed E-state index contributed by atoms with van der Waals surface area (Å²) in [6.45, 7) is 2.19. The Morgan fingerprint density at radius 3 is 2.68 bits per heavy atom. The molecule has 1 aromatic rings. The Bertz CT molecular complexity index is 486. The first-order valence-corrected chi connectivity index (χ1v) is 7.59. The molecule has 1 aromatic heterocycles. The normalized spacial score (nSPS) is 22.2. The highest BCUT2D eigenvalue weighted by Crippen LogP contribution is 2.33. The second kappa shape index (κ2) is 5.35. The van der Waals surface area contributed by atoms with Gasteiger partial charge < -0.3 is 9.88 Å². The van der Waals surface area contributed by atoms with Gasteiger partial charge in [0.05, 0.1) is 0 Å². The standard InChI is InChI=1S/C15H23N3O/c1-11(12-5-3-2-4-6-12)17-14-15(19)18(10-9-16-14)13-7-8-13/h9-13H,2-8H2,1H3,(H,16,17). The van der Waals surface area contributed by atoms with Crippen LogP contribution in [0.1, 0.15) is 57.9 Å². The van der Waals surface area contributed by atoms with Crippen molar-refractivity contribution in [3.63, 3.8) is 0 Å². The summed E-state index contributed by atoms with van der Waals surface area (Å²) < 4.78 is 1.84. The molecule has 2 aliphatic carbocycles. The van der Waals surface area contributed by atoms with E-state index in [2.05, 4.69) is 17.2 Å². The van der Waals surface area contributed by atoms with Crippen LogP contribution in [0.2, 0.25) is 0 Å². The van der Waals surface area contributed by atoms with Crippen molar-refractivity contribution >= 4 is 5.82 Å². The van der Waals surface area contributed by atoms with Gasteiger partial charge in [0.15, 0.2) is 5.82 Å². The van der Waals surface area contributed by atoms with Crippen LogP contribution in [0.15, 0.2) is 17.2 Å². The Kier molecular flexibility index (Phi) is 3.58. The minimum Gasteiger partial charge on any atom is -0.363 e. The molecule has 1 atom stereocenters. The van der Waals surface area contributed by atoms with Gasteiger partial charge >= 0.3 is 0 Å². The minimum absolute atomic E-state index is 0.0488. The van der Waals surface area contributed by atoms with E-state index < -0.39 is 0 Å². The molecule has 0 spiro atoms. The predicted molar refractivity (Wildman–Crippen MR) is 76.4 cm³/mol. The molecule has 0 aromatic carbocycles. The van der Waals surface area contributed by atoms with Crippen LogP contribution in [0.3, 0.4) is 0 Å². The monoisotopic (exact) mass is 261 g/mol. The molecule has 0 amide bonds. The molecule has 0 saturated heterocycles. The van der Waals surface area contributed by atoms with E-state index in [1.54, 1.807) is 6.20 Å². The molecule has 104 valence electrons. The summed E-state index contributed by atoms with van der Waals surface area (Å²) in [4.78, 5) is 16.5. The Morgan fingerprint density at radius 1 is 1.26 bits per heavy atom. The Balaban J connectivity index is 1.71. The topological polar surface area (TPSA) is 46.9 Å². The lowest BCUT2D eigenvalue weighted by Crippen LogP contribution is -2.32. The lowest BCUT2D eigenvalue weighted by atomic mass is 9.84. The van der Waals surface area contributed by atoms with Crippen molar-refractivity contribution < 1.29 is 0 Å². The average molecular weight is 261 g/mol. The first-order chi connectivity index (χ1) is 9.25. The lowest BCUT2D eigenvalue weighted by Gasteiger charge is -2.28. The van der Waals surface area contributed by atoms with E-state index in [1.807, 2.05) is 10.8 Å². The van der Waals surface area contributed by atoms with Gasteiger partial charge in [0, 0.05) is 24.5 Å². The van der Waals surface area contributed by atoms with Crippen LogP contribution in [0.4, 0.5) is 5.82 Å². The van der Waals surface area contributed by atoms with Gasteiger partial charge in [0.25, 0.3) is 5.56 Å². The van der Waals surface area contributed by atoms with Gasteiger partial charge in [-0.2, -0.15) is 0 Å². The molecule has 3 rings (SSSR count).